The Labute approximate surface area is 85.0 Å². The van der Waals surface area contributed by atoms with Gasteiger partial charge in [0.15, 0.2) is 5.75 Å². The number of anilines is 1. The van der Waals surface area contributed by atoms with Crippen LogP contribution in [0.4, 0.5) is 5.69 Å². The van der Waals surface area contributed by atoms with Crippen molar-refractivity contribution >= 4 is 21.7 Å². The smallest absolute Gasteiger partial charge is 0.335 e. The highest BCUT2D eigenvalue weighted by Crippen LogP contribution is 2.29. The van der Waals surface area contributed by atoms with E-state index in [4.69, 9.17) is 16.0 Å². The molecule has 0 saturated carbocycles. The average molecular weight is 232 g/mol. The fourth-order valence-electron chi connectivity index (χ4n) is 0.970. The zero-order chi connectivity index (χ0) is 11.8. The zero-order valence-electron chi connectivity index (χ0n) is 7.34. The molecule has 0 amide bonds. The topological polar surface area (TPSA) is 144 Å². The minimum absolute atomic E-state index is 0.362. The molecule has 1 aromatic carbocycles. The van der Waals surface area contributed by atoms with E-state index in [2.05, 4.69) is 0 Å². The number of phenols is 1. The van der Waals surface area contributed by atoms with Gasteiger partial charge in [-0.15, -0.1) is 0 Å². The first-order chi connectivity index (χ1) is 6.73. The van der Waals surface area contributed by atoms with Crippen molar-refractivity contribution in [2.24, 2.45) is 5.14 Å². The average Bonchev–Trinajstić information content (AvgIpc) is 2.06. The molecule has 0 aliphatic heterocycles. The molecule has 6 N–H and O–H groups in total. The molecule has 0 aromatic heterocycles. The third-order valence-electron chi connectivity index (χ3n) is 1.66. The molecular weight excluding hydrogens is 224 g/mol. The number of nitrogen functional groups attached to an aromatic ring is 1. The van der Waals surface area contributed by atoms with E-state index in [0.29, 0.717) is 0 Å². The van der Waals surface area contributed by atoms with Gasteiger partial charge < -0.3 is 15.9 Å². The Hall–Kier alpha value is -1.80. The van der Waals surface area contributed by atoms with Crippen LogP contribution in [-0.4, -0.2) is 24.6 Å². The van der Waals surface area contributed by atoms with Crippen LogP contribution in [0.25, 0.3) is 0 Å². The Morgan fingerprint density at radius 2 is 1.87 bits per heavy atom. The van der Waals surface area contributed by atoms with Gasteiger partial charge in [0, 0.05) is 0 Å². The number of primary sulfonamides is 1. The number of carboxylic acid groups (broad SMARTS) is 1. The molecule has 7 nitrogen and oxygen atoms in total. The van der Waals surface area contributed by atoms with Gasteiger partial charge in [0.05, 0.1) is 11.3 Å². The molecule has 0 saturated heterocycles. The summed E-state index contributed by atoms with van der Waals surface area (Å²) in [7, 11) is -4.21. The summed E-state index contributed by atoms with van der Waals surface area (Å²) in [6.45, 7) is 0. The molecule has 0 bridgehead atoms. The predicted octanol–water partition coefficient (Wildman–Crippen LogP) is -0.680. The second kappa shape index (κ2) is 3.41. The molecule has 1 rings (SSSR count). The number of carboxylic acids is 1. The van der Waals surface area contributed by atoms with Gasteiger partial charge in [0.25, 0.3) is 0 Å². The first-order valence-electron chi connectivity index (χ1n) is 3.62. The number of hydrogen-bond acceptors (Lipinski definition) is 5. The standard InChI is InChI=1S/C7H8N2O5S/c8-4-1-3(7(11)12)2-5(6(4)10)15(9,13)14/h1-2,10H,8H2,(H,11,12)(H2,9,13,14). The lowest BCUT2D eigenvalue weighted by molar-refractivity contribution is 0.0696. The van der Waals surface area contributed by atoms with Gasteiger partial charge in [-0.25, -0.2) is 18.4 Å². The fourth-order valence-corrected chi connectivity index (χ4v) is 1.65. The van der Waals surface area contributed by atoms with Crippen LogP contribution in [0.5, 0.6) is 5.75 Å². The highest BCUT2D eigenvalue weighted by atomic mass is 32.2. The van der Waals surface area contributed by atoms with Gasteiger partial charge in [-0.3, -0.25) is 0 Å². The molecule has 0 aliphatic carbocycles. The number of rotatable bonds is 2. The van der Waals surface area contributed by atoms with E-state index in [-0.39, 0.29) is 11.3 Å². The lowest BCUT2D eigenvalue weighted by Gasteiger charge is -2.06. The Bertz CT molecular complexity index is 522. The minimum atomic E-state index is -4.21. The van der Waals surface area contributed by atoms with Crippen LogP contribution in [0.3, 0.4) is 0 Å². The normalized spacial score (nSPS) is 11.3. The summed E-state index contributed by atoms with van der Waals surface area (Å²) >= 11 is 0. The van der Waals surface area contributed by atoms with Gasteiger partial charge in [-0.2, -0.15) is 0 Å². The van der Waals surface area contributed by atoms with Gasteiger partial charge in [0.2, 0.25) is 10.0 Å². The third kappa shape index (κ3) is 2.17. The Morgan fingerprint density at radius 3 is 2.27 bits per heavy atom. The van der Waals surface area contributed by atoms with E-state index in [1.54, 1.807) is 0 Å². The Balaban J connectivity index is 3.59. The van der Waals surface area contributed by atoms with Crippen LogP contribution < -0.4 is 10.9 Å². The molecule has 0 fully saturated rings. The lowest BCUT2D eigenvalue weighted by Crippen LogP contribution is -2.14. The summed E-state index contributed by atoms with van der Waals surface area (Å²) in [5, 5.41) is 22.6. The van der Waals surface area contributed by atoms with Crippen molar-refractivity contribution < 1.29 is 23.4 Å². The molecule has 0 radical (unpaired) electrons. The van der Waals surface area contributed by atoms with Crippen molar-refractivity contribution in [2.45, 2.75) is 4.90 Å². The minimum Gasteiger partial charge on any atom is -0.504 e. The van der Waals surface area contributed by atoms with E-state index in [9.17, 15) is 18.3 Å². The van der Waals surface area contributed by atoms with E-state index in [1.165, 1.54) is 0 Å². The molecule has 0 aliphatic rings. The molecule has 0 unspecified atom stereocenters. The number of aromatic carboxylic acids is 1. The molecule has 0 heterocycles. The zero-order valence-corrected chi connectivity index (χ0v) is 8.15. The highest BCUT2D eigenvalue weighted by Gasteiger charge is 2.19. The van der Waals surface area contributed by atoms with Gasteiger partial charge in [0.1, 0.15) is 4.90 Å². The SMILES string of the molecule is Nc1cc(C(=O)O)cc(S(N)(=O)=O)c1O. The number of benzene rings is 1. The number of hydrogen-bond donors (Lipinski definition) is 4. The summed E-state index contributed by atoms with van der Waals surface area (Å²) in [6.07, 6.45) is 0. The molecule has 15 heavy (non-hydrogen) atoms. The van der Waals surface area contributed by atoms with E-state index in [1.807, 2.05) is 0 Å². The van der Waals surface area contributed by atoms with Crippen LogP contribution in [0.2, 0.25) is 0 Å². The number of carbonyl (C=O) groups is 1. The van der Waals surface area contributed by atoms with Crippen LogP contribution in [0.1, 0.15) is 10.4 Å². The van der Waals surface area contributed by atoms with E-state index >= 15 is 0 Å². The van der Waals surface area contributed by atoms with E-state index < -0.39 is 26.6 Å². The van der Waals surface area contributed by atoms with Crippen LogP contribution in [0, 0.1) is 0 Å². The molecule has 0 spiro atoms. The predicted molar refractivity (Wildman–Crippen MR) is 50.9 cm³/mol. The monoisotopic (exact) mass is 232 g/mol. The van der Waals surface area contributed by atoms with Gasteiger partial charge in [-0.1, -0.05) is 0 Å². The number of sulfonamides is 1. The maximum absolute atomic E-state index is 11.0. The molecule has 8 heteroatoms. The first-order valence-corrected chi connectivity index (χ1v) is 5.16. The van der Waals surface area contributed by atoms with Crippen molar-refractivity contribution in [2.75, 3.05) is 5.73 Å². The number of aromatic hydroxyl groups is 1. The molecule has 82 valence electrons. The Morgan fingerprint density at radius 1 is 1.33 bits per heavy atom. The summed E-state index contributed by atoms with van der Waals surface area (Å²) in [6, 6.07) is 1.68. The van der Waals surface area contributed by atoms with Crippen molar-refractivity contribution in [1.82, 2.24) is 0 Å². The number of nitrogens with two attached hydrogens (primary N) is 2. The van der Waals surface area contributed by atoms with Gasteiger partial charge >= 0.3 is 5.97 Å². The first kappa shape index (κ1) is 11.3. The molecule has 0 atom stereocenters. The highest BCUT2D eigenvalue weighted by molar-refractivity contribution is 7.89. The molecular formula is C7H8N2O5S. The quantitative estimate of drug-likeness (QED) is 0.393. The number of phenolic OH excluding ortho intramolecular Hbond substituents is 1. The second-order valence-corrected chi connectivity index (χ2v) is 4.29. The van der Waals surface area contributed by atoms with Crippen LogP contribution in [0.15, 0.2) is 17.0 Å². The summed E-state index contributed by atoms with van der Waals surface area (Å²) < 4.78 is 21.9. The summed E-state index contributed by atoms with van der Waals surface area (Å²) in [5.74, 6) is -2.12. The van der Waals surface area contributed by atoms with Gasteiger partial charge in [-0.05, 0) is 12.1 Å². The van der Waals surface area contributed by atoms with Crippen molar-refractivity contribution in [1.29, 1.82) is 0 Å². The maximum atomic E-state index is 11.0. The van der Waals surface area contributed by atoms with Crippen LogP contribution >= 0.6 is 0 Å². The molecule has 1 aromatic rings. The second-order valence-electron chi connectivity index (χ2n) is 2.76. The largest absolute Gasteiger partial charge is 0.504 e. The lowest BCUT2D eigenvalue weighted by atomic mass is 10.2. The maximum Gasteiger partial charge on any atom is 0.335 e. The van der Waals surface area contributed by atoms with Crippen molar-refractivity contribution in [3.05, 3.63) is 17.7 Å². The Kier molecular flexibility index (Phi) is 2.56. The van der Waals surface area contributed by atoms with Crippen molar-refractivity contribution in [3.63, 3.8) is 0 Å². The summed E-state index contributed by atoms with van der Waals surface area (Å²) in [5.41, 5.74) is 4.49. The van der Waals surface area contributed by atoms with Crippen LogP contribution in [-0.2, 0) is 10.0 Å². The summed E-state index contributed by atoms with van der Waals surface area (Å²) in [4.78, 5) is 9.86. The third-order valence-corrected chi connectivity index (χ3v) is 2.58. The fraction of sp³-hybridized carbons (Fsp3) is 0. The van der Waals surface area contributed by atoms with E-state index in [0.717, 1.165) is 12.1 Å². The van der Waals surface area contributed by atoms with Crippen molar-refractivity contribution in [3.8, 4) is 5.75 Å².